The van der Waals surface area contributed by atoms with Crippen LogP contribution < -0.4 is 16.0 Å². The summed E-state index contributed by atoms with van der Waals surface area (Å²) in [5.74, 6) is 1.20. The lowest BCUT2D eigenvalue weighted by molar-refractivity contribution is 0.483. The molecule has 7 heteroatoms. The molecule has 0 saturated carbocycles. The van der Waals surface area contributed by atoms with Gasteiger partial charge in [-0.25, -0.2) is 9.78 Å². The standard InChI is InChI=1S/C29H22N4O3/c34-28-24-16-23(36-22-9-2-1-3-10-22)13-14-25(24)31-29(35)33(28)18-21-8-6-7-20(15-21)17-32-19-30-26-11-4-5-12-27(26)32/h1-16,19H,17-18H2,(H,31,35). The largest absolute Gasteiger partial charge is 0.457 e. The second-order valence-electron chi connectivity index (χ2n) is 8.63. The Labute approximate surface area is 205 Å². The lowest BCUT2D eigenvalue weighted by Crippen LogP contribution is -2.35. The number of aromatic amines is 1. The summed E-state index contributed by atoms with van der Waals surface area (Å²) in [5, 5.41) is 0.393. The van der Waals surface area contributed by atoms with Crippen LogP contribution >= 0.6 is 0 Å². The molecular formula is C29H22N4O3. The highest BCUT2D eigenvalue weighted by Gasteiger charge is 2.11. The van der Waals surface area contributed by atoms with Crippen molar-refractivity contribution in [1.82, 2.24) is 19.1 Å². The molecule has 4 aromatic carbocycles. The summed E-state index contributed by atoms with van der Waals surface area (Å²) in [4.78, 5) is 33.4. The molecule has 6 aromatic rings. The van der Waals surface area contributed by atoms with E-state index in [1.54, 1.807) is 18.2 Å². The minimum atomic E-state index is -0.449. The summed E-state index contributed by atoms with van der Waals surface area (Å²) < 4.78 is 9.18. The predicted molar refractivity (Wildman–Crippen MR) is 140 cm³/mol. The second-order valence-corrected chi connectivity index (χ2v) is 8.63. The number of nitrogens with one attached hydrogen (secondary N) is 1. The fraction of sp³-hybridized carbons (Fsp3) is 0.0690. The van der Waals surface area contributed by atoms with Crippen LogP contribution in [0.2, 0.25) is 0 Å². The Kier molecular flexibility index (Phi) is 5.42. The fourth-order valence-corrected chi connectivity index (χ4v) is 4.40. The molecule has 0 aliphatic heterocycles. The number of hydrogen-bond donors (Lipinski definition) is 1. The van der Waals surface area contributed by atoms with Gasteiger partial charge in [0.2, 0.25) is 0 Å². The Morgan fingerprint density at radius 3 is 2.39 bits per heavy atom. The molecule has 0 fully saturated rings. The molecule has 6 rings (SSSR count). The molecule has 0 saturated heterocycles. The van der Waals surface area contributed by atoms with Crippen molar-refractivity contribution < 1.29 is 4.74 Å². The van der Waals surface area contributed by atoms with Crippen molar-refractivity contribution in [3.63, 3.8) is 0 Å². The van der Waals surface area contributed by atoms with Gasteiger partial charge in [-0.3, -0.25) is 9.36 Å². The number of imidazole rings is 1. The molecule has 0 amide bonds. The lowest BCUT2D eigenvalue weighted by atomic mass is 10.1. The maximum Gasteiger partial charge on any atom is 0.329 e. The Hall–Kier alpha value is -4.91. The van der Waals surface area contributed by atoms with E-state index in [0.29, 0.717) is 28.9 Å². The first-order valence-corrected chi connectivity index (χ1v) is 11.6. The van der Waals surface area contributed by atoms with Gasteiger partial charge in [0, 0.05) is 6.54 Å². The van der Waals surface area contributed by atoms with Crippen LogP contribution in [0.25, 0.3) is 21.9 Å². The lowest BCUT2D eigenvalue weighted by Gasteiger charge is -2.10. The smallest absolute Gasteiger partial charge is 0.329 e. The van der Waals surface area contributed by atoms with Crippen LogP contribution in [0.1, 0.15) is 11.1 Å². The minimum Gasteiger partial charge on any atom is -0.457 e. The van der Waals surface area contributed by atoms with Gasteiger partial charge in [0.1, 0.15) is 11.5 Å². The Bertz CT molecular complexity index is 1820. The van der Waals surface area contributed by atoms with E-state index < -0.39 is 5.69 Å². The van der Waals surface area contributed by atoms with Crippen molar-refractivity contribution in [3.05, 3.63) is 135 Å². The third-order valence-electron chi connectivity index (χ3n) is 6.14. The van der Waals surface area contributed by atoms with Gasteiger partial charge < -0.3 is 14.3 Å². The third kappa shape index (κ3) is 4.18. The van der Waals surface area contributed by atoms with Crippen molar-refractivity contribution in [2.45, 2.75) is 13.1 Å². The maximum absolute atomic E-state index is 13.3. The summed E-state index contributed by atoms with van der Waals surface area (Å²) in [7, 11) is 0. The average molecular weight is 475 g/mol. The Morgan fingerprint density at radius 1 is 0.750 bits per heavy atom. The van der Waals surface area contributed by atoms with Crippen LogP contribution in [-0.2, 0) is 13.1 Å². The number of ether oxygens (including phenoxy) is 1. The molecule has 0 spiro atoms. The molecule has 0 bridgehead atoms. The van der Waals surface area contributed by atoms with Gasteiger partial charge in [-0.15, -0.1) is 0 Å². The summed E-state index contributed by atoms with van der Waals surface area (Å²) in [6.07, 6.45) is 1.82. The number of benzene rings is 4. The summed E-state index contributed by atoms with van der Waals surface area (Å²) in [6, 6.07) is 30.3. The van der Waals surface area contributed by atoms with Crippen LogP contribution in [0, 0.1) is 0 Å². The fourth-order valence-electron chi connectivity index (χ4n) is 4.40. The molecule has 0 aliphatic rings. The number of para-hydroxylation sites is 3. The highest BCUT2D eigenvalue weighted by atomic mass is 16.5. The minimum absolute atomic E-state index is 0.159. The molecule has 1 N–H and O–H groups in total. The van der Waals surface area contributed by atoms with E-state index in [0.717, 1.165) is 22.2 Å². The molecule has 2 aromatic heterocycles. The van der Waals surface area contributed by atoms with Gasteiger partial charge in [0.05, 0.1) is 34.8 Å². The topological polar surface area (TPSA) is 81.9 Å². The first-order valence-electron chi connectivity index (χ1n) is 11.6. The van der Waals surface area contributed by atoms with E-state index in [1.807, 2.05) is 85.2 Å². The zero-order valence-corrected chi connectivity index (χ0v) is 19.3. The van der Waals surface area contributed by atoms with E-state index in [1.165, 1.54) is 4.57 Å². The van der Waals surface area contributed by atoms with Crippen LogP contribution in [0.4, 0.5) is 0 Å². The third-order valence-corrected chi connectivity index (χ3v) is 6.14. The predicted octanol–water partition coefficient (Wildman–Crippen LogP) is 4.93. The summed E-state index contributed by atoms with van der Waals surface area (Å²) in [6.45, 7) is 0.796. The van der Waals surface area contributed by atoms with Gasteiger partial charge in [-0.1, -0.05) is 54.6 Å². The van der Waals surface area contributed by atoms with Crippen LogP contribution in [0.15, 0.2) is 113 Å². The molecule has 0 unspecified atom stereocenters. The summed E-state index contributed by atoms with van der Waals surface area (Å²) in [5.41, 5.74) is 3.58. The van der Waals surface area contributed by atoms with Gasteiger partial charge in [-0.2, -0.15) is 0 Å². The molecule has 36 heavy (non-hydrogen) atoms. The number of H-pyrrole nitrogens is 1. The van der Waals surface area contributed by atoms with Crippen LogP contribution in [0.5, 0.6) is 11.5 Å². The maximum atomic E-state index is 13.3. The van der Waals surface area contributed by atoms with Crippen molar-refractivity contribution in [3.8, 4) is 11.5 Å². The molecule has 0 atom stereocenters. The Balaban J connectivity index is 1.31. The zero-order chi connectivity index (χ0) is 24.5. The first kappa shape index (κ1) is 21.6. The second kappa shape index (κ2) is 9.03. The van der Waals surface area contributed by atoms with Gasteiger partial charge >= 0.3 is 5.69 Å². The van der Waals surface area contributed by atoms with Crippen molar-refractivity contribution in [1.29, 1.82) is 0 Å². The normalized spacial score (nSPS) is 11.2. The highest BCUT2D eigenvalue weighted by Crippen LogP contribution is 2.23. The SMILES string of the molecule is O=c1[nH]c2ccc(Oc3ccccc3)cc2c(=O)n1Cc1cccc(Cn2cnc3ccccc32)c1. The number of hydrogen-bond acceptors (Lipinski definition) is 4. The molecule has 7 nitrogen and oxygen atoms in total. The van der Waals surface area contributed by atoms with Crippen molar-refractivity contribution in [2.24, 2.45) is 0 Å². The van der Waals surface area contributed by atoms with Crippen molar-refractivity contribution in [2.75, 3.05) is 0 Å². The molecular weight excluding hydrogens is 452 g/mol. The number of fused-ring (bicyclic) bond motifs is 2. The molecule has 0 aliphatic carbocycles. The van der Waals surface area contributed by atoms with E-state index in [2.05, 4.69) is 14.5 Å². The number of aromatic nitrogens is 4. The van der Waals surface area contributed by atoms with Crippen LogP contribution in [0.3, 0.4) is 0 Å². The first-order chi connectivity index (χ1) is 17.6. The van der Waals surface area contributed by atoms with E-state index in [-0.39, 0.29) is 12.1 Å². The molecule has 0 radical (unpaired) electrons. The zero-order valence-electron chi connectivity index (χ0n) is 19.3. The van der Waals surface area contributed by atoms with Gasteiger partial charge in [-0.05, 0) is 53.6 Å². The van der Waals surface area contributed by atoms with Gasteiger partial charge in [0.25, 0.3) is 5.56 Å². The van der Waals surface area contributed by atoms with Gasteiger partial charge in [0.15, 0.2) is 0 Å². The quantitative estimate of drug-likeness (QED) is 0.371. The molecule has 176 valence electrons. The van der Waals surface area contributed by atoms with Crippen molar-refractivity contribution >= 4 is 21.9 Å². The monoisotopic (exact) mass is 474 g/mol. The summed E-state index contributed by atoms with van der Waals surface area (Å²) >= 11 is 0. The van der Waals surface area contributed by atoms with E-state index >= 15 is 0 Å². The van der Waals surface area contributed by atoms with E-state index in [9.17, 15) is 9.59 Å². The average Bonchev–Trinajstić information content (AvgIpc) is 3.30. The number of rotatable bonds is 6. The van der Waals surface area contributed by atoms with Crippen LogP contribution in [-0.4, -0.2) is 19.1 Å². The number of nitrogens with zero attached hydrogens (tertiary/aromatic N) is 3. The van der Waals surface area contributed by atoms with E-state index in [4.69, 9.17) is 4.74 Å². The Morgan fingerprint density at radius 2 is 1.53 bits per heavy atom. The molecule has 2 heterocycles. The highest BCUT2D eigenvalue weighted by molar-refractivity contribution is 5.79.